The lowest BCUT2D eigenvalue weighted by Gasteiger charge is -2.34. The lowest BCUT2D eigenvalue weighted by molar-refractivity contribution is -0.152. The standard InChI is InChI=1S/C17H35NO7Si/c1-7-21-16(19)12-15(17(20)22-8-2)18-13-14(6)26(23-9-3,24-10-4)25-11-5/h14-15,18H,7-13H2,1-6H3. The normalized spacial score (nSPS) is 13.9. The van der Waals surface area contributed by atoms with E-state index in [2.05, 4.69) is 5.32 Å². The second-order valence-electron chi connectivity index (χ2n) is 5.53. The molecule has 0 aromatic rings. The number of carbonyl (C=O) groups is 2. The first kappa shape index (κ1) is 25.0. The monoisotopic (exact) mass is 393 g/mol. The fourth-order valence-electron chi connectivity index (χ4n) is 2.47. The second-order valence-corrected chi connectivity index (χ2v) is 8.58. The molecular weight excluding hydrogens is 358 g/mol. The molecule has 0 radical (unpaired) electrons. The van der Waals surface area contributed by atoms with Crippen molar-refractivity contribution in [3.05, 3.63) is 0 Å². The van der Waals surface area contributed by atoms with Gasteiger partial charge in [-0.05, 0) is 34.6 Å². The van der Waals surface area contributed by atoms with Gasteiger partial charge in [-0.1, -0.05) is 6.92 Å². The van der Waals surface area contributed by atoms with Gasteiger partial charge in [0.25, 0.3) is 0 Å². The van der Waals surface area contributed by atoms with Crippen LogP contribution in [0.1, 0.15) is 48.0 Å². The van der Waals surface area contributed by atoms with Crippen molar-refractivity contribution in [3.8, 4) is 0 Å². The van der Waals surface area contributed by atoms with Crippen LogP contribution in [-0.2, 0) is 32.3 Å². The Balaban J connectivity index is 5.07. The summed E-state index contributed by atoms with van der Waals surface area (Å²) < 4.78 is 27.6. The van der Waals surface area contributed by atoms with Crippen molar-refractivity contribution in [1.82, 2.24) is 5.32 Å². The molecule has 0 heterocycles. The third-order valence-corrected chi connectivity index (χ3v) is 7.04. The largest absolute Gasteiger partial charge is 0.505 e. The molecule has 2 unspecified atom stereocenters. The zero-order chi connectivity index (χ0) is 20.0. The predicted octanol–water partition coefficient (Wildman–Crippen LogP) is 1.90. The molecule has 0 saturated heterocycles. The van der Waals surface area contributed by atoms with Crippen LogP contribution < -0.4 is 5.32 Å². The highest BCUT2D eigenvalue weighted by Crippen LogP contribution is 2.25. The van der Waals surface area contributed by atoms with E-state index in [1.54, 1.807) is 13.8 Å². The molecule has 2 atom stereocenters. The van der Waals surface area contributed by atoms with Gasteiger partial charge in [-0.15, -0.1) is 0 Å². The van der Waals surface area contributed by atoms with Gasteiger partial charge >= 0.3 is 20.7 Å². The number of hydrogen-bond acceptors (Lipinski definition) is 8. The van der Waals surface area contributed by atoms with Gasteiger partial charge in [-0.3, -0.25) is 9.59 Å². The van der Waals surface area contributed by atoms with Crippen molar-refractivity contribution in [3.63, 3.8) is 0 Å². The highest BCUT2D eigenvalue weighted by molar-refractivity contribution is 6.62. The summed E-state index contributed by atoms with van der Waals surface area (Å²) in [6.45, 7) is 13.4. The summed E-state index contributed by atoms with van der Waals surface area (Å²) in [4.78, 5) is 23.9. The molecule has 0 aliphatic carbocycles. The van der Waals surface area contributed by atoms with Crippen LogP contribution in [0.15, 0.2) is 0 Å². The Morgan fingerprint density at radius 1 is 0.846 bits per heavy atom. The van der Waals surface area contributed by atoms with Gasteiger partial charge < -0.3 is 28.1 Å². The Morgan fingerprint density at radius 3 is 1.77 bits per heavy atom. The van der Waals surface area contributed by atoms with Crippen molar-refractivity contribution >= 4 is 20.7 Å². The molecule has 0 aliphatic heterocycles. The van der Waals surface area contributed by atoms with Gasteiger partial charge in [-0.25, -0.2) is 0 Å². The van der Waals surface area contributed by atoms with Gasteiger partial charge in [0.15, 0.2) is 0 Å². The van der Waals surface area contributed by atoms with Crippen molar-refractivity contribution in [2.45, 2.75) is 59.5 Å². The van der Waals surface area contributed by atoms with E-state index in [4.69, 9.17) is 22.8 Å². The molecule has 26 heavy (non-hydrogen) atoms. The van der Waals surface area contributed by atoms with Crippen molar-refractivity contribution in [2.75, 3.05) is 39.6 Å². The zero-order valence-corrected chi connectivity index (χ0v) is 18.0. The van der Waals surface area contributed by atoms with Crippen LogP contribution in [0.5, 0.6) is 0 Å². The minimum Gasteiger partial charge on any atom is -0.466 e. The van der Waals surface area contributed by atoms with Crippen LogP contribution >= 0.6 is 0 Å². The molecular formula is C17H35NO7Si. The summed E-state index contributed by atoms with van der Waals surface area (Å²) in [5, 5.41) is 3.09. The average Bonchev–Trinajstić information content (AvgIpc) is 2.59. The van der Waals surface area contributed by atoms with Crippen LogP contribution in [0.4, 0.5) is 0 Å². The topological polar surface area (TPSA) is 92.3 Å². The molecule has 0 bridgehead atoms. The summed E-state index contributed by atoms with van der Waals surface area (Å²) in [5.74, 6) is -0.933. The molecule has 0 aromatic carbocycles. The zero-order valence-electron chi connectivity index (χ0n) is 17.0. The molecule has 0 fully saturated rings. The Hall–Kier alpha value is -1.00. The Labute approximate surface area is 158 Å². The number of ether oxygens (including phenoxy) is 2. The lowest BCUT2D eigenvalue weighted by Crippen LogP contribution is -2.53. The van der Waals surface area contributed by atoms with E-state index in [0.29, 0.717) is 26.4 Å². The third-order valence-electron chi connectivity index (χ3n) is 3.56. The van der Waals surface area contributed by atoms with Crippen LogP contribution in [0.2, 0.25) is 5.54 Å². The van der Waals surface area contributed by atoms with Crippen molar-refractivity contribution < 1.29 is 32.3 Å². The molecule has 0 amide bonds. The number of esters is 2. The quantitative estimate of drug-likeness (QED) is 0.333. The summed E-state index contributed by atoms with van der Waals surface area (Å²) in [6.07, 6.45) is -0.0914. The van der Waals surface area contributed by atoms with E-state index in [9.17, 15) is 9.59 Å². The summed E-state index contributed by atoms with van der Waals surface area (Å²) in [7, 11) is -2.90. The minimum atomic E-state index is -2.90. The van der Waals surface area contributed by atoms with E-state index >= 15 is 0 Å². The molecule has 0 saturated carbocycles. The van der Waals surface area contributed by atoms with Crippen molar-refractivity contribution in [2.24, 2.45) is 0 Å². The van der Waals surface area contributed by atoms with Gasteiger partial charge in [-0.2, -0.15) is 0 Å². The molecule has 0 aromatic heterocycles. The first-order valence-corrected chi connectivity index (χ1v) is 11.2. The average molecular weight is 394 g/mol. The SMILES string of the molecule is CCOC(=O)CC(NCC(C)[Si](OCC)(OCC)OCC)C(=O)OCC. The van der Waals surface area contributed by atoms with E-state index in [1.165, 1.54) is 0 Å². The first-order valence-electron chi connectivity index (χ1n) is 9.37. The van der Waals surface area contributed by atoms with E-state index in [0.717, 1.165) is 0 Å². The molecule has 0 rings (SSSR count). The molecule has 0 aliphatic rings. The van der Waals surface area contributed by atoms with Crippen LogP contribution in [-0.4, -0.2) is 66.4 Å². The van der Waals surface area contributed by atoms with Crippen LogP contribution in [0.25, 0.3) is 0 Å². The Bertz CT molecular complexity index is 392. The van der Waals surface area contributed by atoms with Crippen molar-refractivity contribution in [1.29, 1.82) is 0 Å². The molecule has 1 N–H and O–H groups in total. The fraction of sp³-hybridized carbons (Fsp3) is 0.882. The molecule has 8 nitrogen and oxygen atoms in total. The van der Waals surface area contributed by atoms with Gasteiger partial charge in [0.1, 0.15) is 6.04 Å². The second kappa shape index (κ2) is 14.1. The predicted molar refractivity (Wildman–Crippen MR) is 99.7 cm³/mol. The lowest BCUT2D eigenvalue weighted by atomic mass is 10.2. The number of nitrogens with one attached hydrogen (secondary N) is 1. The van der Waals surface area contributed by atoms with Gasteiger partial charge in [0.2, 0.25) is 0 Å². The highest BCUT2D eigenvalue weighted by Gasteiger charge is 2.46. The number of carbonyl (C=O) groups excluding carboxylic acids is 2. The molecule has 9 heteroatoms. The van der Waals surface area contributed by atoms with Gasteiger partial charge in [0.05, 0.1) is 19.6 Å². The Morgan fingerprint density at radius 2 is 1.35 bits per heavy atom. The van der Waals surface area contributed by atoms with E-state index in [-0.39, 0.29) is 25.2 Å². The van der Waals surface area contributed by atoms with E-state index in [1.807, 2.05) is 27.7 Å². The summed E-state index contributed by atoms with van der Waals surface area (Å²) in [5.41, 5.74) is -0.110. The molecule has 0 spiro atoms. The molecule has 154 valence electrons. The smallest absolute Gasteiger partial charge is 0.466 e. The highest BCUT2D eigenvalue weighted by atomic mass is 28.4. The summed E-state index contributed by atoms with van der Waals surface area (Å²) in [6, 6.07) is -0.784. The van der Waals surface area contributed by atoms with Crippen LogP contribution in [0, 0.1) is 0 Å². The number of hydrogen-bond donors (Lipinski definition) is 1. The minimum absolute atomic E-state index is 0.0914. The maximum absolute atomic E-state index is 12.1. The van der Waals surface area contributed by atoms with E-state index < -0.39 is 26.8 Å². The number of rotatable bonds is 15. The third kappa shape index (κ3) is 8.59. The van der Waals surface area contributed by atoms with Crippen LogP contribution in [0.3, 0.4) is 0 Å². The maximum Gasteiger partial charge on any atom is 0.505 e. The maximum atomic E-state index is 12.1. The van der Waals surface area contributed by atoms with Gasteiger partial charge in [0, 0.05) is 31.9 Å². The first-order chi connectivity index (χ1) is 12.4. The Kier molecular flexibility index (Phi) is 13.6. The summed E-state index contributed by atoms with van der Waals surface area (Å²) >= 11 is 0. The fourth-order valence-corrected chi connectivity index (χ4v) is 5.15.